The van der Waals surface area contributed by atoms with Crippen LogP contribution in [0.2, 0.25) is 0 Å². The first-order valence-corrected chi connectivity index (χ1v) is 11.7. The van der Waals surface area contributed by atoms with Crippen molar-refractivity contribution in [2.24, 2.45) is 0 Å². The molecular formula is C24H28BrN5O2. The third-order valence-corrected chi connectivity index (χ3v) is 6.67. The van der Waals surface area contributed by atoms with Crippen LogP contribution in [-0.2, 0) is 6.54 Å². The molecule has 3 aromatic rings. The van der Waals surface area contributed by atoms with E-state index in [9.17, 15) is 9.59 Å². The van der Waals surface area contributed by atoms with E-state index >= 15 is 0 Å². The fourth-order valence-electron chi connectivity index (χ4n) is 4.34. The highest BCUT2D eigenvalue weighted by atomic mass is 79.9. The lowest BCUT2D eigenvalue weighted by molar-refractivity contribution is 0.0793. The van der Waals surface area contributed by atoms with Crippen molar-refractivity contribution in [1.29, 1.82) is 0 Å². The number of aromatic nitrogens is 2. The van der Waals surface area contributed by atoms with Crippen molar-refractivity contribution < 1.29 is 4.79 Å². The van der Waals surface area contributed by atoms with Gasteiger partial charge in [-0.2, -0.15) is 0 Å². The first kappa shape index (κ1) is 22.5. The molecule has 2 unspecified atom stereocenters. The molecule has 1 N–H and O–H groups in total. The second-order valence-corrected chi connectivity index (χ2v) is 9.10. The van der Waals surface area contributed by atoms with Gasteiger partial charge in [0.2, 0.25) is 0 Å². The van der Waals surface area contributed by atoms with E-state index in [1.165, 1.54) is 0 Å². The van der Waals surface area contributed by atoms with E-state index in [-0.39, 0.29) is 23.7 Å². The normalized spacial score (nSPS) is 18.0. The number of nitrogens with one attached hydrogen (secondary N) is 1. The molecule has 0 radical (unpaired) electrons. The van der Waals surface area contributed by atoms with Gasteiger partial charge in [-0.05, 0) is 57.2 Å². The molecule has 1 fully saturated rings. The van der Waals surface area contributed by atoms with Crippen LogP contribution in [0, 0.1) is 0 Å². The number of nitrogens with zero attached hydrogens (tertiary/aromatic N) is 4. The minimum absolute atomic E-state index is 0.000472. The van der Waals surface area contributed by atoms with Crippen molar-refractivity contribution in [3.8, 4) is 0 Å². The fourth-order valence-corrected chi connectivity index (χ4v) is 4.61. The number of piperazine rings is 1. The highest BCUT2D eigenvalue weighted by Gasteiger charge is 2.31. The first-order chi connectivity index (χ1) is 15.4. The van der Waals surface area contributed by atoms with Crippen LogP contribution in [0.5, 0.6) is 0 Å². The van der Waals surface area contributed by atoms with Crippen molar-refractivity contribution in [2.75, 3.05) is 25.0 Å². The molecule has 2 heterocycles. The number of benzene rings is 2. The Bertz CT molecular complexity index is 1180. The Morgan fingerprint density at radius 1 is 1.19 bits per heavy atom. The zero-order valence-corrected chi connectivity index (χ0v) is 20.2. The summed E-state index contributed by atoms with van der Waals surface area (Å²) >= 11 is 3.41. The van der Waals surface area contributed by atoms with Crippen LogP contribution < -0.4 is 10.9 Å². The number of urea groups is 1. The van der Waals surface area contributed by atoms with Crippen LogP contribution >= 0.6 is 15.9 Å². The number of anilines is 1. The van der Waals surface area contributed by atoms with Gasteiger partial charge in [-0.25, -0.2) is 9.78 Å². The molecule has 2 amide bonds. The topological polar surface area (TPSA) is 70.5 Å². The summed E-state index contributed by atoms with van der Waals surface area (Å²) in [6, 6.07) is 15.0. The molecule has 1 aliphatic heterocycles. The number of hydrogen-bond acceptors (Lipinski definition) is 4. The third-order valence-electron chi connectivity index (χ3n) is 6.14. The number of hydrogen-bond donors (Lipinski definition) is 1. The summed E-state index contributed by atoms with van der Waals surface area (Å²) in [4.78, 5) is 34.9. The lowest BCUT2D eigenvalue weighted by atomic mass is 10.1. The second-order valence-electron chi connectivity index (χ2n) is 8.19. The van der Waals surface area contributed by atoms with Crippen molar-refractivity contribution in [2.45, 2.75) is 39.4 Å². The second kappa shape index (κ2) is 9.42. The van der Waals surface area contributed by atoms with Crippen LogP contribution in [0.25, 0.3) is 10.9 Å². The van der Waals surface area contributed by atoms with Gasteiger partial charge in [0.25, 0.3) is 5.56 Å². The van der Waals surface area contributed by atoms with Crippen molar-refractivity contribution in [3.05, 3.63) is 69.2 Å². The van der Waals surface area contributed by atoms with Gasteiger partial charge < -0.3 is 10.2 Å². The van der Waals surface area contributed by atoms with E-state index in [0.717, 1.165) is 21.5 Å². The number of rotatable bonds is 4. The molecule has 0 aliphatic carbocycles. The first-order valence-electron chi connectivity index (χ1n) is 11.0. The average Bonchev–Trinajstić information content (AvgIpc) is 2.80. The molecule has 1 aliphatic rings. The maximum absolute atomic E-state index is 13.0. The number of amides is 2. The zero-order chi connectivity index (χ0) is 22.8. The van der Waals surface area contributed by atoms with Gasteiger partial charge in [0, 0.05) is 42.4 Å². The predicted octanol–water partition coefficient (Wildman–Crippen LogP) is 4.48. The van der Waals surface area contributed by atoms with Crippen LogP contribution in [-0.4, -0.2) is 51.1 Å². The van der Waals surface area contributed by atoms with Gasteiger partial charge in [0.05, 0.1) is 16.9 Å². The molecule has 2 atom stereocenters. The molecule has 0 bridgehead atoms. The number of para-hydroxylation sites is 1. The number of carbonyl (C=O) groups is 1. The van der Waals surface area contributed by atoms with E-state index in [4.69, 9.17) is 4.98 Å². The Balaban J connectivity index is 1.50. The van der Waals surface area contributed by atoms with Crippen LogP contribution in [0.15, 0.2) is 57.8 Å². The van der Waals surface area contributed by atoms with Crippen LogP contribution in [0.3, 0.4) is 0 Å². The average molecular weight is 498 g/mol. The van der Waals surface area contributed by atoms with Crippen LogP contribution in [0.4, 0.5) is 10.5 Å². The Hall–Kier alpha value is -2.71. The highest BCUT2D eigenvalue weighted by Crippen LogP contribution is 2.24. The Kier molecular flexibility index (Phi) is 6.62. The quantitative estimate of drug-likeness (QED) is 0.576. The largest absolute Gasteiger partial charge is 0.322 e. The number of carbonyl (C=O) groups excluding carboxylic acids is 1. The monoisotopic (exact) mass is 497 g/mol. The standard InChI is InChI=1S/C24H28BrN5O2/c1-4-29-22(27-21-8-6-5-7-20(21)23(29)31)17(3)28-13-14-30(16(2)15-28)24(32)26-19-11-9-18(25)10-12-19/h5-12,16-17H,4,13-15H2,1-3H3,(H,26,32). The molecule has 8 heteroatoms. The molecule has 32 heavy (non-hydrogen) atoms. The van der Waals surface area contributed by atoms with Crippen molar-refractivity contribution >= 4 is 38.6 Å². The third kappa shape index (κ3) is 4.42. The van der Waals surface area contributed by atoms with Crippen molar-refractivity contribution in [1.82, 2.24) is 19.4 Å². The van der Waals surface area contributed by atoms with Gasteiger partial charge in [-0.1, -0.05) is 28.1 Å². The van der Waals surface area contributed by atoms with Gasteiger partial charge in [-0.3, -0.25) is 14.3 Å². The fraction of sp³-hybridized carbons (Fsp3) is 0.375. The van der Waals surface area contributed by atoms with Crippen LogP contribution in [0.1, 0.15) is 32.6 Å². The lowest BCUT2D eigenvalue weighted by Crippen LogP contribution is -2.55. The smallest absolute Gasteiger partial charge is 0.319 e. The van der Waals surface area contributed by atoms with Gasteiger partial charge in [0.15, 0.2) is 0 Å². The Labute approximate surface area is 196 Å². The summed E-state index contributed by atoms with van der Waals surface area (Å²) in [5, 5.41) is 3.63. The van der Waals surface area contributed by atoms with E-state index in [2.05, 4.69) is 40.0 Å². The van der Waals surface area contributed by atoms with Gasteiger partial charge in [-0.15, -0.1) is 0 Å². The Morgan fingerprint density at radius 3 is 2.59 bits per heavy atom. The molecule has 0 spiro atoms. The highest BCUT2D eigenvalue weighted by molar-refractivity contribution is 9.10. The maximum atomic E-state index is 13.0. The summed E-state index contributed by atoms with van der Waals surface area (Å²) in [7, 11) is 0. The maximum Gasteiger partial charge on any atom is 0.322 e. The van der Waals surface area contributed by atoms with Gasteiger partial charge >= 0.3 is 6.03 Å². The molecular weight excluding hydrogens is 470 g/mol. The van der Waals surface area contributed by atoms with E-state index < -0.39 is 0 Å². The van der Waals surface area contributed by atoms with Gasteiger partial charge in [0.1, 0.15) is 5.82 Å². The number of halogens is 1. The summed E-state index contributed by atoms with van der Waals surface area (Å²) in [5.41, 5.74) is 1.50. The summed E-state index contributed by atoms with van der Waals surface area (Å²) in [6.07, 6.45) is 0. The zero-order valence-electron chi connectivity index (χ0n) is 18.6. The predicted molar refractivity (Wildman–Crippen MR) is 131 cm³/mol. The molecule has 168 valence electrons. The Morgan fingerprint density at radius 2 is 1.91 bits per heavy atom. The van der Waals surface area contributed by atoms with Crippen molar-refractivity contribution in [3.63, 3.8) is 0 Å². The lowest BCUT2D eigenvalue weighted by Gasteiger charge is -2.42. The molecule has 2 aromatic carbocycles. The minimum Gasteiger partial charge on any atom is -0.319 e. The van der Waals surface area contributed by atoms with E-state index in [1.54, 1.807) is 4.57 Å². The molecule has 4 rings (SSSR count). The SMILES string of the molecule is CCn1c(C(C)N2CCN(C(=O)Nc3ccc(Br)cc3)C(C)C2)nc2ccccc2c1=O. The molecule has 1 saturated heterocycles. The summed E-state index contributed by atoms with van der Waals surface area (Å²) in [5.74, 6) is 0.774. The number of fused-ring (bicyclic) bond motifs is 1. The minimum atomic E-state index is -0.0959. The molecule has 1 aromatic heterocycles. The summed E-state index contributed by atoms with van der Waals surface area (Å²) < 4.78 is 2.74. The van der Waals surface area contributed by atoms with E-state index in [1.807, 2.05) is 60.4 Å². The molecule has 7 nitrogen and oxygen atoms in total. The van der Waals surface area contributed by atoms with E-state index in [0.29, 0.717) is 31.6 Å². The molecule has 0 saturated carbocycles. The summed E-state index contributed by atoms with van der Waals surface area (Å²) in [6.45, 7) is 8.72.